The van der Waals surface area contributed by atoms with Gasteiger partial charge in [0.05, 0.1) is 0 Å². The topological polar surface area (TPSA) is 26.3 Å². The number of benzene rings is 4. The van der Waals surface area contributed by atoms with Crippen molar-refractivity contribution in [3.8, 4) is 16.9 Å². The average Bonchev–Trinajstić information content (AvgIpc) is 2.72. The summed E-state index contributed by atoms with van der Waals surface area (Å²) in [6.07, 6.45) is 0.861. The van der Waals surface area contributed by atoms with E-state index in [1.165, 1.54) is 10.8 Å². The number of aldehydes is 1. The molecule has 0 fully saturated rings. The van der Waals surface area contributed by atoms with Crippen LogP contribution in [0.5, 0.6) is 5.75 Å². The predicted octanol–water partition coefficient (Wildman–Crippen LogP) is 5.90. The first-order valence-electron chi connectivity index (χ1n) is 8.58. The van der Waals surface area contributed by atoms with Crippen molar-refractivity contribution >= 4 is 17.1 Å². The van der Waals surface area contributed by atoms with Gasteiger partial charge in [0, 0.05) is 5.56 Å². The number of hydrogen-bond acceptors (Lipinski definition) is 2. The molecule has 2 heteroatoms. The van der Waals surface area contributed by atoms with Gasteiger partial charge >= 0.3 is 0 Å². The fourth-order valence-corrected chi connectivity index (χ4v) is 3.05. The Labute approximate surface area is 152 Å². The summed E-state index contributed by atoms with van der Waals surface area (Å²) in [7, 11) is 0. The van der Waals surface area contributed by atoms with Crippen molar-refractivity contribution in [2.24, 2.45) is 0 Å². The van der Waals surface area contributed by atoms with Gasteiger partial charge in [0.25, 0.3) is 0 Å². The molecule has 4 aromatic carbocycles. The summed E-state index contributed by atoms with van der Waals surface area (Å²) < 4.78 is 5.93. The normalized spacial score (nSPS) is 10.6. The Balaban J connectivity index is 1.67. The zero-order chi connectivity index (χ0) is 17.8. The molecule has 0 radical (unpaired) electrons. The van der Waals surface area contributed by atoms with Gasteiger partial charge in [0.15, 0.2) is 0 Å². The molecular weight excluding hydrogens is 320 g/mol. The van der Waals surface area contributed by atoms with E-state index in [0.717, 1.165) is 23.0 Å². The van der Waals surface area contributed by atoms with Crippen LogP contribution in [0.3, 0.4) is 0 Å². The maximum absolute atomic E-state index is 11.4. The van der Waals surface area contributed by atoms with Gasteiger partial charge < -0.3 is 4.74 Å². The van der Waals surface area contributed by atoms with Crippen LogP contribution in [0.4, 0.5) is 0 Å². The second kappa shape index (κ2) is 7.24. The smallest absolute Gasteiger partial charge is 0.150 e. The molecule has 0 aliphatic carbocycles. The van der Waals surface area contributed by atoms with Crippen LogP contribution in [-0.2, 0) is 6.61 Å². The van der Waals surface area contributed by atoms with Crippen molar-refractivity contribution in [3.63, 3.8) is 0 Å². The molecule has 0 atom stereocenters. The Hall–Kier alpha value is -3.39. The molecule has 26 heavy (non-hydrogen) atoms. The van der Waals surface area contributed by atoms with Crippen LogP contribution in [0, 0.1) is 0 Å². The van der Waals surface area contributed by atoms with E-state index in [1.807, 2.05) is 54.6 Å². The second-order valence-corrected chi connectivity index (χ2v) is 6.24. The third-order valence-electron chi connectivity index (χ3n) is 4.40. The first-order chi connectivity index (χ1) is 12.8. The van der Waals surface area contributed by atoms with Crippen LogP contribution in [0.1, 0.15) is 15.9 Å². The number of carbonyl (C=O) groups is 1. The third-order valence-corrected chi connectivity index (χ3v) is 4.40. The molecule has 0 spiro atoms. The maximum atomic E-state index is 11.4. The number of hydrogen-bond donors (Lipinski definition) is 0. The SMILES string of the molecule is O=Cc1cc(OCc2ccccc2)cc(-c2ccc3ccccc3c2)c1. The van der Waals surface area contributed by atoms with Gasteiger partial charge in [0.2, 0.25) is 0 Å². The van der Waals surface area contributed by atoms with Crippen molar-refractivity contribution in [1.29, 1.82) is 0 Å². The van der Waals surface area contributed by atoms with Crippen LogP contribution >= 0.6 is 0 Å². The summed E-state index contributed by atoms with van der Waals surface area (Å²) in [4.78, 5) is 11.4. The largest absolute Gasteiger partial charge is 0.489 e. The van der Waals surface area contributed by atoms with E-state index >= 15 is 0 Å². The molecule has 0 saturated carbocycles. The standard InChI is InChI=1S/C24H18O2/c25-16-19-12-23(22-11-10-20-8-4-5-9-21(20)14-22)15-24(13-19)26-17-18-6-2-1-3-7-18/h1-16H,17H2. The molecule has 2 nitrogen and oxygen atoms in total. The van der Waals surface area contributed by atoms with E-state index in [2.05, 4.69) is 30.3 Å². The van der Waals surface area contributed by atoms with Gasteiger partial charge in [0.1, 0.15) is 18.6 Å². The fraction of sp³-hybridized carbons (Fsp3) is 0.0417. The lowest BCUT2D eigenvalue weighted by Crippen LogP contribution is -1.96. The van der Waals surface area contributed by atoms with Crippen molar-refractivity contribution in [1.82, 2.24) is 0 Å². The molecule has 0 aliphatic heterocycles. The molecule has 0 amide bonds. The molecule has 0 heterocycles. The van der Waals surface area contributed by atoms with E-state index in [1.54, 1.807) is 6.07 Å². The predicted molar refractivity (Wildman–Crippen MR) is 106 cm³/mol. The van der Waals surface area contributed by atoms with Gasteiger partial charge in [-0.25, -0.2) is 0 Å². The first-order valence-corrected chi connectivity index (χ1v) is 8.58. The first kappa shape index (κ1) is 16.1. The van der Waals surface area contributed by atoms with Crippen LogP contribution in [0.15, 0.2) is 91.0 Å². The van der Waals surface area contributed by atoms with Crippen LogP contribution in [0.25, 0.3) is 21.9 Å². The van der Waals surface area contributed by atoms with Crippen LogP contribution < -0.4 is 4.74 Å². The molecule has 0 saturated heterocycles. The van der Waals surface area contributed by atoms with E-state index < -0.39 is 0 Å². The minimum atomic E-state index is 0.473. The summed E-state index contributed by atoms with van der Waals surface area (Å²) in [5, 5.41) is 2.37. The Kier molecular flexibility index (Phi) is 4.48. The van der Waals surface area contributed by atoms with E-state index in [0.29, 0.717) is 17.9 Å². The number of rotatable bonds is 5. The van der Waals surface area contributed by atoms with Crippen LogP contribution in [-0.4, -0.2) is 6.29 Å². The third kappa shape index (κ3) is 3.50. The molecule has 0 aliphatic rings. The molecular formula is C24H18O2. The van der Waals surface area contributed by atoms with Crippen molar-refractivity contribution in [2.75, 3.05) is 0 Å². The van der Waals surface area contributed by atoms with Crippen LogP contribution in [0.2, 0.25) is 0 Å². The van der Waals surface area contributed by atoms with E-state index in [4.69, 9.17) is 4.74 Å². The summed E-state index contributed by atoms with van der Waals surface area (Å²) in [5.74, 6) is 0.696. The zero-order valence-corrected chi connectivity index (χ0v) is 14.3. The van der Waals surface area contributed by atoms with Gasteiger partial charge in [-0.2, -0.15) is 0 Å². The van der Waals surface area contributed by atoms with E-state index in [9.17, 15) is 4.79 Å². The molecule has 4 aromatic rings. The van der Waals surface area contributed by atoms with Crippen molar-refractivity contribution in [2.45, 2.75) is 6.61 Å². The highest BCUT2D eigenvalue weighted by Gasteiger charge is 2.06. The van der Waals surface area contributed by atoms with Gasteiger partial charge in [-0.05, 0) is 51.7 Å². The lowest BCUT2D eigenvalue weighted by molar-refractivity contribution is 0.112. The van der Waals surface area contributed by atoms with Crippen molar-refractivity contribution in [3.05, 3.63) is 102 Å². The van der Waals surface area contributed by atoms with E-state index in [-0.39, 0.29) is 0 Å². The molecule has 4 rings (SSSR count). The fourth-order valence-electron chi connectivity index (χ4n) is 3.05. The number of ether oxygens (including phenoxy) is 1. The van der Waals surface area contributed by atoms with Gasteiger partial charge in [-0.15, -0.1) is 0 Å². The lowest BCUT2D eigenvalue weighted by atomic mass is 9.99. The minimum Gasteiger partial charge on any atom is -0.489 e. The highest BCUT2D eigenvalue weighted by Crippen LogP contribution is 2.29. The Bertz CT molecular complexity index is 1050. The summed E-state index contributed by atoms with van der Waals surface area (Å²) in [6.45, 7) is 0.473. The second-order valence-electron chi connectivity index (χ2n) is 6.24. The monoisotopic (exact) mass is 338 g/mol. The van der Waals surface area contributed by atoms with Gasteiger partial charge in [-0.1, -0.05) is 66.7 Å². The lowest BCUT2D eigenvalue weighted by Gasteiger charge is -2.10. The summed E-state index contributed by atoms with van der Waals surface area (Å²) >= 11 is 0. The van der Waals surface area contributed by atoms with Crippen molar-refractivity contribution < 1.29 is 9.53 Å². The molecule has 126 valence electrons. The Morgan fingerprint density at radius 2 is 1.46 bits per heavy atom. The summed E-state index contributed by atoms with van der Waals surface area (Å²) in [5.41, 5.74) is 3.75. The molecule has 0 aromatic heterocycles. The number of fused-ring (bicyclic) bond motifs is 1. The molecule has 0 bridgehead atoms. The van der Waals surface area contributed by atoms with Gasteiger partial charge in [-0.3, -0.25) is 4.79 Å². The Morgan fingerprint density at radius 3 is 2.27 bits per heavy atom. The zero-order valence-electron chi connectivity index (χ0n) is 14.3. The summed E-state index contributed by atoms with van der Waals surface area (Å²) in [6, 6.07) is 30.2. The number of carbonyl (C=O) groups excluding carboxylic acids is 1. The quantitative estimate of drug-likeness (QED) is 0.424. The molecule has 0 unspecified atom stereocenters. The average molecular weight is 338 g/mol. The maximum Gasteiger partial charge on any atom is 0.150 e. The highest BCUT2D eigenvalue weighted by molar-refractivity contribution is 5.88. The minimum absolute atomic E-state index is 0.473. The highest BCUT2D eigenvalue weighted by atomic mass is 16.5. The Morgan fingerprint density at radius 1 is 0.692 bits per heavy atom. The molecule has 0 N–H and O–H groups in total.